The minimum Gasteiger partial charge on any atom is -0.379 e. The van der Waals surface area contributed by atoms with E-state index in [0.717, 1.165) is 58.8 Å². The van der Waals surface area contributed by atoms with Gasteiger partial charge in [0, 0.05) is 51.1 Å². The van der Waals surface area contributed by atoms with Gasteiger partial charge in [-0.2, -0.15) is 0 Å². The average Bonchev–Trinajstić information content (AvgIpc) is 2.93. The van der Waals surface area contributed by atoms with E-state index >= 15 is 0 Å². The molecule has 2 amide bonds. The van der Waals surface area contributed by atoms with Crippen LogP contribution in [0, 0.1) is 5.92 Å². The Kier molecular flexibility index (Phi) is 7.93. The zero-order valence-electron chi connectivity index (χ0n) is 15.0. The third-order valence-electron chi connectivity index (χ3n) is 5.35. The van der Waals surface area contributed by atoms with E-state index in [9.17, 15) is 9.59 Å². The number of carbonyl (C=O) groups excluding carboxylic acids is 2. The van der Waals surface area contributed by atoms with Gasteiger partial charge in [-0.3, -0.25) is 14.5 Å². The molecule has 0 aromatic heterocycles. The Morgan fingerprint density at radius 2 is 2.08 bits per heavy atom. The van der Waals surface area contributed by atoms with Crippen LogP contribution < -0.4 is 10.6 Å². The largest absolute Gasteiger partial charge is 0.379 e. The van der Waals surface area contributed by atoms with Crippen molar-refractivity contribution in [1.82, 2.24) is 20.4 Å². The molecule has 25 heavy (non-hydrogen) atoms. The summed E-state index contributed by atoms with van der Waals surface area (Å²) in [7, 11) is 0. The molecule has 0 saturated carbocycles. The van der Waals surface area contributed by atoms with Crippen molar-refractivity contribution < 1.29 is 14.3 Å². The summed E-state index contributed by atoms with van der Waals surface area (Å²) >= 11 is 0. The Morgan fingerprint density at radius 1 is 1.32 bits per heavy atom. The van der Waals surface area contributed by atoms with Gasteiger partial charge in [-0.25, -0.2) is 0 Å². The highest BCUT2D eigenvalue weighted by atomic mass is 35.5. The van der Waals surface area contributed by atoms with Crippen LogP contribution in [0.5, 0.6) is 0 Å². The molecule has 0 aliphatic carbocycles. The summed E-state index contributed by atoms with van der Waals surface area (Å²) < 4.78 is 5.34. The predicted molar refractivity (Wildman–Crippen MR) is 97.8 cm³/mol. The maximum absolute atomic E-state index is 12.4. The van der Waals surface area contributed by atoms with Gasteiger partial charge in [0.05, 0.1) is 19.3 Å². The minimum absolute atomic E-state index is 0. The van der Waals surface area contributed by atoms with Gasteiger partial charge in [0.2, 0.25) is 11.8 Å². The van der Waals surface area contributed by atoms with Crippen LogP contribution in [-0.2, 0) is 14.3 Å². The number of nitrogens with one attached hydrogen (secondary N) is 2. The number of hydrogen-bond acceptors (Lipinski definition) is 5. The van der Waals surface area contributed by atoms with Crippen molar-refractivity contribution in [3.05, 3.63) is 0 Å². The van der Waals surface area contributed by atoms with Gasteiger partial charge in [0.25, 0.3) is 0 Å². The molecule has 8 heteroatoms. The van der Waals surface area contributed by atoms with Gasteiger partial charge in [-0.1, -0.05) is 0 Å². The average molecular weight is 375 g/mol. The lowest BCUT2D eigenvalue weighted by Crippen LogP contribution is -2.46. The molecule has 3 atom stereocenters. The Morgan fingerprint density at radius 3 is 2.80 bits per heavy atom. The Hall–Kier alpha value is -0.890. The zero-order chi connectivity index (χ0) is 16.9. The van der Waals surface area contributed by atoms with Crippen LogP contribution in [0.2, 0.25) is 0 Å². The number of hydrogen-bond donors (Lipinski definition) is 2. The van der Waals surface area contributed by atoms with Crippen LogP contribution in [0.25, 0.3) is 0 Å². The molecule has 3 aliphatic rings. The van der Waals surface area contributed by atoms with E-state index in [1.54, 1.807) is 0 Å². The van der Waals surface area contributed by atoms with E-state index < -0.39 is 0 Å². The van der Waals surface area contributed by atoms with E-state index in [4.69, 9.17) is 4.74 Å². The predicted octanol–water partition coefficient (Wildman–Crippen LogP) is -0.154. The second-order valence-corrected chi connectivity index (χ2v) is 7.28. The molecule has 0 radical (unpaired) electrons. The minimum atomic E-state index is -0.0279. The van der Waals surface area contributed by atoms with Gasteiger partial charge < -0.3 is 20.3 Å². The summed E-state index contributed by atoms with van der Waals surface area (Å²) in [4.78, 5) is 28.8. The highest BCUT2D eigenvalue weighted by Crippen LogP contribution is 2.18. The SMILES string of the molecule is C[C@H]1C[C@@H](C(=O)NC2CC(=O)N(CCN3CCOCC3)C2)CCN1.Cl. The molecule has 3 aliphatic heterocycles. The maximum Gasteiger partial charge on any atom is 0.224 e. The first-order valence-corrected chi connectivity index (χ1v) is 9.23. The van der Waals surface area contributed by atoms with Crippen molar-refractivity contribution in [1.29, 1.82) is 0 Å². The third kappa shape index (κ3) is 5.81. The van der Waals surface area contributed by atoms with Crippen LogP contribution in [-0.4, -0.2) is 86.2 Å². The first-order chi connectivity index (χ1) is 11.6. The quantitative estimate of drug-likeness (QED) is 0.700. The summed E-state index contributed by atoms with van der Waals surface area (Å²) in [5.41, 5.74) is 0. The van der Waals surface area contributed by atoms with Crippen LogP contribution in [0.3, 0.4) is 0 Å². The molecule has 3 saturated heterocycles. The van der Waals surface area contributed by atoms with E-state index in [1.807, 2.05) is 4.90 Å². The van der Waals surface area contributed by atoms with Gasteiger partial charge in [0.1, 0.15) is 0 Å². The molecule has 0 aromatic rings. The first kappa shape index (κ1) is 20.4. The van der Waals surface area contributed by atoms with Gasteiger partial charge in [-0.05, 0) is 26.3 Å². The molecule has 0 bridgehead atoms. The molecule has 7 nitrogen and oxygen atoms in total. The van der Waals surface area contributed by atoms with Crippen LogP contribution in [0.15, 0.2) is 0 Å². The molecule has 2 N–H and O–H groups in total. The Labute approximate surface area is 156 Å². The van der Waals surface area contributed by atoms with Crippen molar-refractivity contribution in [3.8, 4) is 0 Å². The van der Waals surface area contributed by atoms with Gasteiger partial charge in [-0.15, -0.1) is 12.4 Å². The van der Waals surface area contributed by atoms with Crippen molar-refractivity contribution in [3.63, 3.8) is 0 Å². The molecule has 3 heterocycles. The highest BCUT2D eigenvalue weighted by Gasteiger charge is 2.33. The number of ether oxygens (including phenoxy) is 1. The molecule has 1 unspecified atom stereocenters. The van der Waals surface area contributed by atoms with Crippen molar-refractivity contribution in [2.45, 2.75) is 38.3 Å². The molecular formula is C17H31ClN4O3. The molecular weight excluding hydrogens is 344 g/mol. The lowest BCUT2D eigenvalue weighted by molar-refractivity contribution is -0.128. The molecule has 3 fully saturated rings. The standard InChI is InChI=1S/C17H30N4O3.ClH/c1-13-10-14(2-3-18-13)17(23)19-15-11-16(22)21(12-15)5-4-20-6-8-24-9-7-20;/h13-15,18H,2-12H2,1H3,(H,19,23);1H/t13-,14-,15?;/m0./s1. The highest BCUT2D eigenvalue weighted by molar-refractivity contribution is 5.85. The smallest absolute Gasteiger partial charge is 0.224 e. The fourth-order valence-electron chi connectivity index (χ4n) is 3.86. The fourth-order valence-corrected chi connectivity index (χ4v) is 3.86. The molecule has 144 valence electrons. The summed E-state index contributed by atoms with van der Waals surface area (Å²) in [6, 6.07) is 0.365. The fraction of sp³-hybridized carbons (Fsp3) is 0.882. The summed E-state index contributed by atoms with van der Waals surface area (Å²) in [5.74, 6) is 0.363. The number of amides is 2. The van der Waals surface area contributed by atoms with Crippen molar-refractivity contribution in [2.75, 3.05) is 52.5 Å². The second kappa shape index (κ2) is 9.71. The van der Waals surface area contributed by atoms with Crippen molar-refractivity contribution in [2.24, 2.45) is 5.92 Å². The number of likely N-dealkylation sites (tertiary alicyclic amines) is 1. The summed E-state index contributed by atoms with van der Waals surface area (Å²) in [5, 5.41) is 6.47. The normalized spacial score (nSPS) is 30.8. The monoisotopic (exact) mass is 374 g/mol. The van der Waals surface area contributed by atoms with E-state index in [2.05, 4.69) is 22.5 Å². The number of morpholine rings is 1. The van der Waals surface area contributed by atoms with E-state index in [0.29, 0.717) is 19.0 Å². The lowest BCUT2D eigenvalue weighted by Gasteiger charge is -2.29. The maximum atomic E-state index is 12.4. The van der Waals surface area contributed by atoms with Crippen LogP contribution >= 0.6 is 12.4 Å². The van der Waals surface area contributed by atoms with Crippen LogP contribution in [0.1, 0.15) is 26.2 Å². The summed E-state index contributed by atoms with van der Waals surface area (Å²) in [6.45, 7) is 8.74. The van der Waals surface area contributed by atoms with Gasteiger partial charge >= 0.3 is 0 Å². The van der Waals surface area contributed by atoms with E-state index in [-0.39, 0.29) is 36.2 Å². The second-order valence-electron chi connectivity index (χ2n) is 7.28. The first-order valence-electron chi connectivity index (χ1n) is 9.23. The molecule has 0 spiro atoms. The zero-order valence-corrected chi connectivity index (χ0v) is 15.9. The topological polar surface area (TPSA) is 73.9 Å². The Balaban J connectivity index is 0.00000225. The van der Waals surface area contributed by atoms with Crippen molar-refractivity contribution >= 4 is 24.2 Å². The number of halogens is 1. The van der Waals surface area contributed by atoms with E-state index in [1.165, 1.54) is 0 Å². The number of carbonyl (C=O) groups is 2. The summed E-state index contributed by atoms with van der Waals surface area (Å²) in [6.07, 6.45) is 2.21. The third-order valence-corrected chi connectivity index (χ3v) is 5.35. The number of piperidine rings is 1. The van der Waals surface area contributed by atoms with Crippen LogP contribution in [0.4, 0.5) is 0 Å². The van der Waals surface area contributed by atoms with Gasteiger partial charge in [0.15, 0.2) is 0 Å². The number of rotatable bonds is 5. The molecule has 3 rings (SSSR count). The molecule has 0 aromatic carbocycles. The Bertz CT molecular complexity index is 459. The number of nitrogens with zero attached hydrogens (tertiary/aromatic N) is 2. The lowest BCUT2D eigenvalue weighted by atomic mass is 9.92.